The summed E-state index contributed by atoms with van der Waals surface area (Å²) < 4.78 is 1.02. The van der Waals surface area contributed by atoms with E-state index in [2.05, 4.69) is 26.9 Å². The van der Waals surface area contributed by atoms with E-state index < -0.39 is 0 Å². The normalized spacial score (nSPS) is 21.1. The molecular weight excluding hydrogens is 292 g/mol. The van der Waals surface area contributed by atoms with E-state index in [0.717, 1.165) is 29.7 Å². The van der Waals surface area contributed by atoms with Crippen LogP contribution in [0.5, 0.6) is 0 Å². The molecule has 4 heteroatoms. The summed E-state index contributed by atoms with van der Waals surface area (Å²) in [5.41, 5.74) is 8.08. The molecule has 1 saturated heterocycles. The molecule has 18 heavy (non-hydrogen) atoms. The van der Waals surface area contributed by atoms with E-state index in [-0.39, 0.29) is 6.61 Å². The van der Waals surface area contributed by atoms with Crippen molar-refractivity contribution in [3.8, 4) is 0 Å². The lowest BCUT2D eigenvalue weighted by atomic mass is 9.98. The van der Waals surface area contributed by atoms with Crippen LogP contribution in [0.4, 0.5) is 5.69 Å². The first-order valence-electron chi connectivity index (χ1n) is 6.59. The van der Waals surface area contributed by atoms with Gasteiger partial charge in [-0.05, 0) is 43.5 Å². The van der Waals surface area contributed by atoms with Gasteiger partial charge in [0.1, 0.15) is 0 Å². The van der Waals surface area contributed by atoms with E-state index in [9.17, 15) is 0 Å². The molecule has 3 nitrogen and oxygen atoms in total. The molecule has 100 valence electrons. The summed E-state index contributed by atoms with van der Waals surface area (Å²) in [7, 11) is 0. The number of aliphatic hydroxyl groups excluding tert-OH is 1. The number of halogens is 1. The minimum atomic E-state index is 0.275. The maximum Gasteiger partial charge on any atom is 0.0445 e. The maximum atomic E-state index is 9.14. The number of nitrogen functional groups attached to an aromatic ring is 1. The molecule has 0 amide bonds. The number of nitrogens with zero attached hydrogens (tertiary/aromatic N) is 1. The van der Waals surface area contributed by atoms with E-state index in [1.807, 2.05) is 12.1 Å². The van der Waals surface area contributed by atoms with Gasteiger partial charge in [-0.15, -0.1) is 0 Å². The lowest BCUT2D eigenvalue weighted by molar-refractivity contribution is 0.112. The van der Waals surface area contributed by atoms with Gasteiger partial charge in [0, 0.05) is 29.4 Å². The average molecular weight is 313 g/mol. The van der Waals surface area contributed by atoms with Crippen molar-refractivity contribution in [2.45, 2.75) is 38.3 Å². The van der Waals surface area contributed by atoms with Gasteiger partial charge in [-0.1, -0.05) is 28.4 Å². The Kier molecular flexibility index (Phi) is 5.03. The van der Waals surface area contributed by atoms with Crippen molar-refractivity contribution in [2.75, 3.05) is 18.9 Å². The molecule has 0 radical (unpaired) electrons. The van der Waals surface area contributed by atoms with Gasteiger partial charge >= 0.3 is 0 Å². The number of hydrogen-bond donors (Lipinski definition) is 2. The highest BCUT2D eigenvalue weighted by Crippen LogP contribution is 2.25. The molecule has 1 unspecified atom stereocenters. The van der Waals surface area contributed by atoms with Crippen LogP contribution in [0.1, 0.15) is 31.2 Å². The molecule has 1 fully saturated rings. The highest BCUT2D eigenvalue weighted by Gasteiger charge is 2.22. The molecule has 0 spiro atoms. The lowest BCUT2D eigenvalue weighted by Crippen LogP contribution is -2.39. The van der Waals surface area contributed by atoms with Crippen LogP contribution < -0.4 is 5.73 Å². The molecule has 1 aliphatic rings. The second-order valence-corrected chi connectivity index (χ2v) is 5.89. The summed E-state index contributed by atoms with van der Waals surface area (Å²) in [5, 5.41) is 9.14. The Hall–Kier alpha value is -0.580. The molecular formula is C14H21BrN2O. The lowest BCUT2D eigenvalue weighted by Gasteiger charge is -2.35. The van der Waals surface area contributed by atoms with Gasteiger partial charge in [0.05, 0.1) is 0 Å². The molecule has 2 rings (SSSR count). The molecule has 0 aromatic heterocycles. The topological polar surface area (TPSA) is 49.5 Å². The average Bonchev–Trinajstić information content (AvgIpc) is 2.35. The fourth-order valence-electron chi connectivity index (χ4n) is 2.67. The predicted octanol–water partition coefficient (Wildman–Crippen LogP) is 2.77. The number of rotatable bonds is 4. The van der Waals surface area contributed by atoms with Gasteiger partial charge in [-0.2, -0.15) is 0 Å². The molecule has 1 aliphatic heterocycles. The molecule has 1 aromatic carbocycles. The maximum absolute atomic E-state index is 9.14. The zero-order valence-corrected chi connectivity index (χ0v) is 12.2. The van der Waals surface area contributed by atoms with Gasteiger partial charge in [-0.25, -0.2) is 0 Å². The van der Waals surface area contributed by atoms with Crippen LogP contribution in [-0.2, 0) is 6.54 Å². The third kappa shape index (κ3) is 3.46. The van der Waals surface area contributed by atoms with Gasteiger partial charge in [0.15, 0.2) is 0 Å². The van der Waals surface area contributed by atoms with E-state index >= 15 is 0 Å². The van der Waals surface area contributed by atoms with Crippen LogP contribution in [-0.4, -0.2) is 29.2 Å². The van der Waals surface area contributed by atoms with Gasteiger partial charge in [-0.3, -0.25) is 4.90 Å². The Morgan fingerprint density at radius 1 is 1.39 bits per heavy atom. The van der Waals surface area contributed by atoms with Crippen molar-refractivity contribution in [2.24, 2.45) is 0 Å². The highest BCUT2D eigenvalue weighted by atomic mass is 79.9. The fraction of sp³-hybridized carbons (Fsp3) is 0.571. The van der Waals surface area contributed by atoms with Crippen LogP contribution in [0.3, 0.4) is 0 Å². The first kappa shape index (κ1) is 13.8. The van der Waals surface area contributed by atoms with E-state index in [0.29, 0.717) is 6.04 Å². The third-order valence-corrected chi connectivity index (χ3v) is 4.19. The molecule has 1 aromatic rings. The number of anilines is 1. The minimum Gasteiger partial charge on any atom is -0.398 e. The van der Waals surface area contributed by atoms with Gasteiger partial charge in [0.25, 0.3) is 0 Å². The standard InChI is InChI=1S/C14H21BrN2O/c15-12-5-4-11(14(16)9-12)10-17-7-2-1-3-13(17)6-8-18/h4-5,9,13,18H,1-3,6-8,10,16H2. The summed E-state index contributed by atoms with van der Waals surface area (Å²) in [6, 6.07) is 6.59. The molecule has 0 aliphatic carbocycles. The molecule has 3 N–H and O–H groups in total. The van der Waals surface area contributed by atoms with Crippen molar-refractivity contribution in [3.63, 3.8) is 0 Å². The number of piperidine rings is 1. The minimum absolute atomic E-state index is 0.275. The van der Waals surface area contributed by atoms with Crippen LogP contribution >= 0.6 is 15.9 Å². The smallest absolute Gasteiger partial charge is 0.0445 e. The summed E-state index contributed by atoms with van der Waals surface area (Å²) in [6.07, 6.45) is 4.59. The Morgan fingerprint density at radius 2 is 2.22 bits per heavy atom. The monoisotopic (exact) mass is 312 g/mol. The van der Waals surface area contributed by atoms with Crippen molar-refractivity contribution in [3.05, 3.63) is 28.2 Å². The zero-order chi connectivity index (χ0) is 13.0. The van der Waals surface area contributed by atoms with Crippen molar-refractivity contribution >= 4 is 21.6 Å². The molecule has 1 heterocycles. The SMILES string of the molecule is Nc1cc(Br)ccc1CN1CCCCC1CCO. The Morgan fingerprint density at radius 3 is 2.94 bits per heavy atom. The van der Waals surface area contributed by atoms with Gasteiger partial charge < -0.3 is 10.8 Å². The van der Waals surface area contributed by atoms with Gasteiger partial charge in [0.2, 0.25) is 0 Å². The van der Waals surface area contributed by atoms with Crippen LogP contribution in [0.2, 0.25) is 0 Å². The van der Waals surface area contributed by atoms with Crippen LogP contribution in [0.25, 0.3) is 0 Å². The summed E-state index contributed by atoms with van der Waals surface area (Å²) in [6.45, 7) is 2.28. The molecule has 0 saturated carbocycles. The predicted molar refractivity (Wildman–Crippen MR) is 78.3 cm³/mol. The summed E-state index contributed by atoms with van der Waals surface area (Å²) in [5.74, 6) is 0. The Balaban J connectivity index is 2.06. The molecule has 0 bridgehead atoms. The van der Waals surface area contributed by atoms with Crippen molar-refractivity contribution in [1.82, 2.24) is 4.90 Å². The molecule has 1 atom stereocenters. The Labute approximate surface area is 117 Å². The highest BCUT2D eigenvalue weighted by molar-refractivity contribution is 9.10. The van der Waals surface area contributed by atoms with Crippen LogP contribution in [0.15, 0.2) is 22.7 Å². The Bertz CT molecular complexity index is 395. The van der Waals surface area contributed by atoms with E-state index in [4.69, 9.17) is 10.8 Å². The summed E-state index contributed by atoms with van der Waals surface area (Å²) >= 11 is 3.43. The number of hydrogen-bond acceptors (Lipinski definition) is 3. The zero-order valence-electron chi connectivity index (χ0n) is 10.6. The quantitative estimate of drug-likeness (QED) is 0.841. The second-order valence-electron chi connectivity index (χ2n) is 4.98. The summed E-state index contributed by atoms with van der Waals surface area (Å²) in [4.78, 5) is 2.46. The van der Waals surface area contributed by atoms with Crippen molar-refractivity contribution in [1.29, 1.82) is 0 Å². The first-order chi connectivity index (χ1) is 8.70. The van der Waals surface area contributed by atoms with E-state index in [1.165, 1.54) is 24.8 Å². The van der Waals surface area contributed by atoms with E-state index in [1.54, 1.807) is 0 Å². The van der Waals surface area contributed by atoms with Crippen LogP contribution in [0, 0.1) is 0 Å². The fourth-order valence-corrected chi connectivity index (χ4v) is 3.05. The second kappa shape index (κ2) is 6.55. The largest absolute Gasteiger partial charge is 0.398 e. The third-order valence-electron chi connectivity index (χ3n) is 3.69. The first-order valence-corrected chi connectivity index (χ1v) is 7.39. The number of nitrogens with two attached hydrogens (primary N) is 1. The number of aliphatic hydroxyl groups is 1. The number of likely N-dealkylation sites (tertiary alicyclic amines) is 1. The number of benzene rings is 1. The van der Waals surface area contributed by atoms with Crippen molar-refractivity contribution < 1.29 is 5.11 Å².